The number of halogens is 1. The van der Waals surface area contributed by atoms with Gasteiger partial charge in [0.2, 0.25) is 0 Å². The number of fused-ring (bicyclic) bond motifs is 2. The number of carbonyl (C=O) groups excluding carboxylic acids is 1. The first-order valence-corrected chi connectivity index (χ1v) is 11.9. The molecular weight excluding hydrogens is 449 g/mol. The number of aromatic amines is 1. The van der Waals surface area contributed by atoms with Gasteiger partial charge in [-0.05, 0) is 55.6 Å². The van der Waals surface area contributed by atoms with E-state index in [0.29, 0.717) is 5.56 Å². The molecule has 0 radical (unpaired) electrons. The summed E-state index contributed by atoms with van der Waals surface area (Å²) in [5.74, 6) is -0.748. The van der Waals surface area contributed by atoms with Gasteiger partial charge in [0, 0.05) is 60.8 Å². The molecule has 3 heterocycles. The maximum Gasteiger partial charge on any atom is 0.338 e. The van der Waals surface area contributed by atoms with Gasteiger partial charge >= 0.3 is 11.6 Å². The topological polar surface area (TPSA) is 78.8 Å². The number of methoxy groups -OCH3 is 1. The third-order valence-electron chi connectivity index (χ3n) is 6.76. The number of nitrogens with zero attached hydrogens (tertiary/aromatic N) is 2. The fraction of sp³-hybridized carbons (Fsp3) is 0.333. The van der Waals surface area contributed by atoms with Crippen molar-refractivity contribution in [2.75, 3.05) is 44.7 Å². The molecule has 0 unspecified atom stereocenters. The van der Waals surface area contributed by atoms with Crippen LogP contribution in [0.5, 0.6) is 0 Å². The highest BCUT2D eigenvalue weighted by molar-refractivity contribution is 5.95. The van der Waals surface area contributed by atoms with Crippen LogP contribution in [-0.2, 0) is 11.2 Å². The second-order valence-electron chi connectivity index (χ2n) is 8.94. The van der Waals surface area contributed by atoms with E-state index in [9.17, 15) is 14.0 Å². The number of esters is 1. The van der Waals surface area contributed by atoms with Crippen LogP contribution in [-0.4, -0.2) is 55.7 Å². The minimum atomic E-state index is -0.459. The van der Waals surface area contributed by atoms with Crippen LogP contribution in [0, 0.1) is 5.82 Å². The smallest absolute Gasteiger partial charge is 0.338 e. The lowest BCUT2D eigenvalue weighted by Gasteiger charge is -2.36. The summed E-state index contributed by atoms with van der Waals surface area (Å²) in [4.78, 5) is 31.6. The molecule has 1 aliphatic rings. The maximum absolute atomic E-state index is 13.6. The van der Waals surface area contributed by atoms with Gasteiger partial charge in [-0.2, -0.15) is 0 Å². The van der Waals surface area contributed by atoms with Crippen LogP contribution < -0.4 is 10.5 Å². The molecule has 8 heteroatoms. The van der Waals surface area contributed by atoms with Crippen LogP contribution in [0.3, 0.4) is 0 Å². The first kappa shape index (κ1) is 23.1. The molecule has 2 aromatic carbocycles. The number of aryl methyl sites for hydroxylation is 1. The van der Waals surface area contributed by atoms with Crippen molar-refractivity contribution in [3.63, 3.8) is 0 Å². The number of unbranched alkanes of at least 4 members (excludes halogenated alkanes) is 1. The van der Waals surface area contributed by atoms with Gasteiger partial charge in [-0.3, -0.25) is 4.90 Å². The molecule has 5 rings (SSSR count). The molecule has 1 saturated heterocycles. The Balaban J connectivity index is 1.13. The number of hydrogen-bond donors (Lipinski definition) is 1. The fourth-order valence-electron chi connectivity index (χ4n) is 4.88. The average Bonchev–Trinajstić information content (AvgIpc) is 3.28. The molecule has 0 saturated carbocycles. The maximum atomic E-state index is 13.6. The molecule has 2 aromatic heterocycles. The summed E-state index contributed by atoms with van der Waals surface area (Å²) in [7, 11) is 1.39. The molecule has 0 spiro atoms. The highest BCUT2D eigenvalue weighted by Crippen LogP contribution is 2.27. The Labute approximate surface area is 202 Å². The minimum Gasteiger partial charge on any atom is -0.465 e. The standard InChI is InChI=1S/C27H28FN3O4/c1-34-27(33)18-5-7-21-19(17-29-23(21)14-18)4-2-3-9-30-10-12-31(13-11-30)24-16-26(32)35-25-15-20(28)6-8-22(24)25/h5-8,14-17,29H,2-4,9-13H2,1H3. The fourth-order valence-corrected chi connectivity index (χ4v) is 4.88. The molecule has 0 bridgehead atoms. The third kappa shape index (κ3) is 4.93. The number of nitrogens with one attached hydrogen (secondary N) is 1. The zero-order chi connectivity index (χ0) is 24.4. The normalized spacial score (nSPS) is 14.6. The number of anilines is 1. The lowest BCUT2D eigenvalue weighted by molar-refractivity contribution is 0.0601. The van der Waals surface area contributed by atoms with Crippen LogP contribution in [0.25, 0.3) is 21.9 Å². The van der Waals surface area contributed by atoms with E-state index in [2.05, 4.69) is 14.8 Å². The Morgan fingerprint density at radius 2 is 1.86 bits per heavy atom. The van der Waals surface area contributed by atoms with Crippen molar-refractivity contribution in [3.05, 3.63) is 76.0 Å². The van der Waals surface area contributed by atoms with E-state index in [-0.39, 0.29) is 11.6 Å². The number of carbonyl (C=O) groups is 1. The number of benzene rings is 2. The van der Waals surface area contributed by atoms with Crippen molar-refractivity contribution in [3.8, 4) is 0 Å². The van der Waals surface area contributed by atoms with E-state index in [1.807, 2.05) is 18.3 Å². The second kappa shape index (κ2) is 9.92. The number of aromatic nitrogens is 1. The minimum absolute atomic E-state index is 0.286. The lowest BCUT2D eigenvalue weighted by atomic mass is 10.1. The van der Waals surface area contributed by atoms with Crippen LogP contribution in [0.4, 0.5) is 10.1 Å². The van der Waals surface area contributed by atoms with E-state index < -0.39 is 11.4 Å². The summed E-state index contributed by atoms with van der Waals surface area (Å²) in [6.45, 7) is 4.45. The molecule has 1 aliphatic heterocycles. The van der Waals surface area contributed by atoms with Crippen LogP contribution in [0.2, 0.25) is 0 Å². The molecule has 35 heavy (non-hydrogen) atoms. The van der Waals surface area contributed by atoms with Gasteiger partial charge in [-0.1, -0.05) is 6.07 Å². The number of rotatable bonds is 7. The molecule has 0 amide bonds. The van der Waals surface area contributed by atoms with Gasteiger partial charge in [0.05, 0.1) is 18.4 Å². The van der Waals surface area contributed by atoms with Gasteiger partial charge in [-0.25, -0.2) is 14.0 Å². The molecule has 182 valence electrons. The molecule has 1 fully saturated rings. The number of ether oxygens (including phenoxy) is 1. The van der Waals surface area contributed by atoms with E-state index >= 15 is 0 Å². The average molecular weight is 478 g/mol. The van der Waals surface area contributed by atoms with E-state index in [1.165, 1.54) is 30.9 Å². The van der Waals surface area contributed by atoms with Gasteiger partial charge in [0.15, 0.2) is 0 Å². The van der Waals surface area contributed by atoms with Gasteiger partial charge in [0.1, 0.15) is 11.4 Å². The predicted octanol–water partition coefficient (Wildman–Crippen LogP) is 4.34. The summed E-state index contributed by atoms with van der Waals surface area (Å²) < 4.78 is 23.5. The second-order valence-corrected chi connectivity index (χ2v) is 8.94. The third-order valence-corrected chi connectivity index (χ3v) is 6.76. The van der Waals surface area contributed by atoms with Gasteiger partial charge in [-0.15, -0.1) is 0 Å². The number of piperazine rings is 1. The Bertz CT molecular complexity index is 1420. The lowest BCUT2D eigenvalue weighted by Crippen LogP contribution is -2.46. The zero-order valence-electron chi connectivity index (χ0n) is 19.7. The molecule has 0 atom stereocenters. The van der Waals surface area contributed by atoms with Gasteiger partial charge in [0.25, 0.3) is 0 Å². The van der Waals surface area contributed by atoms with E-state index in [4.69, 9.17) is 9.15 Å². The molecule has 1 N–H and O–H groups in total. The summed E-state index contributed by atoms with van der Waals surface area (Å²) >= 11 is 0. The van der Waals surface area contributed by atoms with Crippen LogP contribution >= 0.6 is 0 Å². The first-order valence-electron chi connectivity index (χ1n) is 11.9. The number of H-pyrrole nitrogens is 1. The Kier molecular flexibility index (Phi) is 6.55. The molecule has 4 aromatic rings. The molecule has 7 nitrogen and oxygen atoms in total. The Hall–Kier alpha value is -3.65. The molecular formula is C27H28FN3O4. The van der Waals surface area contributed by atoms with E-state index in [1.54, 1.807) is 12.1 Å². The van der Waals surface area contributed by atoms with Crippen molar-refractivity contribution in [2.45, 2.75) is 19.3 Å². The van der Waals surface area contributed by atoms with Crippen molar-refractivity contribution < 1.29 is 18.3 Å². The zero-order valence-corrected chi connectivity index (χ0v) is 19.7. The Morgan fingerprint density at radius 1 is 1.06 bits per heavy atom. The summed E-state index contributed by atoms with van der Waals surface area (Å²) in [6.07, 6.45) is 5.16. The van der Waals surface area contributed by atoms with Crippen LogP contribution in [0.15, 0.2) is 57.9 Å². The predicted molar refractivity (Wildman–Crippen MR) is 134 cm³/mol. The van der Waals surface area contributed by atoms with Crippen molar-refractivity contribution in [2.24, 2.45) is 0 Å². The van der Waals surface area contributed by atoms with Crippen molar-refractivity contribution in [1.29, 1.82) is 0 Å². The van der Waals surface area contributed by atoms with Crippen LogP contribution in [0.1, 0.15) is 28.8 Å². The van der Waals surface area contributed by atoms with Gasteiger partial charge < -0.3 is 19.0 Å². The highest BCUT2D eigenvalue weighted by atomic mass is 19.1. The molecule has 0 aliphatic carbocycles. The Morgan fingerprint density at radius 3 is 2.66 bits per heavy atom. The monoisotopic (exact) mass is 477 g/mol. The van der Waals surface area contributed by atoms with Crippen molar-refractivity contribution >= 4 is 33.5 Å². The first-order chi connectivity index (χ1) is 17.0. The quantitative estimate of drug-likeness (QED) is 0.242. The summed E-state index contributed by atoms with van der Waals surface area (Å²) in [6, 6.07) is 11.5. The highest BCUT2D eigenvalue weighted by Gasteiger charge is 2.20. The largest absolute Gasteiger partial charge is 0.465 e. The van der Waals surface area contributed by atoms with Crippen molar-refractivity contribution in [1.82, 2.24) is 9.88 Å². The summed E-state index contributed by atoms with van der Waals surface area (Å²) in [5, 5.41) is 1.91. The number of hydrogen-bond acceptors (Lipinski definition) is 6. The van der Waals surface area contributed by atoms with E-state index in [0.717, 1.165) is 74.0 Å². The summed E-state index contributed by atoms with van der Waals surface area (Å²) in [5.41, 5.74) is 3.39. The SMILES string of the molecule is COC(=O)c1ccc2c(CCCCN3CCN(c4cc(=O)oc5cc(F)ccc45)CC3)c[nH]c2c1.